The van der Waals surface area contributed by atoms with E-state index in [9.17, 15) is 4.79 Å². The fraction of sp³-hybridized carbons (Fsp3) is 0.154. The maximum atomic E-state index is 11.6. The van der Waals surface area contributed by atoms with Gasteiger partial charge in [-0.2, -0.15) is 0 Å². The minimum Gasteiger partial charge on any atom is -0.361 e. The SMILES string of the molecule is CC(=O)C1=C(C)C=CNc2ccccc21. The molecule has 0 bridgehead atoms. The average molecular weight is 199 g/mol. The van der Waals surface area contributed by atoms with Crippen molar-refractivity contribution in [2.24, 2.45) is 0 Å². The van der Waals surface area contributed by atoms with Gasteiger partial charge in [0.15, 0.2) is 5.78 Å². The summed E-state index contributed by atoms with van der Waals surface area (Å²) in [5.41, 5.74) is 3.76. The number of ketones is 1. The molecule has 1 N–H and O–H groups in total. The Balaban J connectivity index is 2.69. The first-order valence-corrected chi connectivity index (χ1v) is 4.94. The third kappa shape index (κ3) is 1.71. The summed E-state index contributed by atoms with van der Waals surface area (Å²) in [7, 11) is 0. The second-order valence-corrected chi connectivity index (χ2v) is 3.64. The summed E-state index contributed by atoms with van der Waals surface area (Å²) in [6.45, 7) is 3.56. The lowest BCUT2D eigenvalue weighted by Crippen LogP contribution is -1.99. The number of allylic oxidation sites excluding steroid dienone is 3. The van der Waals surface area contributed by atoms with E-state index in [1.165, 1.54) is 0 Å². The van der Waals surface area contributed by atoms with Gasteiger partial charge in [0.25, 0.3) is 0 Å². The highest BCUT2D eigenvalue weighted by Gasteiger charge is 2.14. The molecule has 2 heteroatoms. The molecule has 1 aromatic rings. The normalized spacial score (nSPS) is 14.3. The highest BCUT2D eigenvalue weighted by molar-refractivity contribution is 6.22. The maximum Gasteiger partial charge on any atom is 0.160 e. The highest BCUT2D eigenvalue weighted by atomic mass is 16.1. The van der Waals surface area contributed by atoms with Crippen LogP contribution in [0.15, 0.2) is 42.1 Å². The van der Waals surface area contributed by atoms with Crippen LogP contribution in [0.25, 0.3) is 5.57 Å². The third-order valence-corrected chi connectivity index (χ3v) is 2.51. The molecular formula is C13H13NO. The van der Waals surface area contributed by atoms with Crippen molar-refractivity contribution in [1.29, 1.82) is 0 Å². The third-order valence-electron chi connectivity index (χ3n) is 2.51. The van der Waals surface area contributed by atoms with Crippen LogP contribution in [0, 0.1) is 0 Å². The smallest absolute Gasteiger partial charge is 0.160 e. The number of para-hydroxylation sites is 1. The van der Waals surface area contributed by atoms with Crippen LogP contribution in [0.2, 0.25) is 0 Å². The number of rotatable bonds is 1. The van der Waals surface area contributed by atoms with Crippen LogP contribution in [-0.2, 0) is 4.79 Å². The van der Waals surface area contributed by atoms with Crippen molar-refractivity contribution in [2.45, 2.75) is 13.8 Å². The summed E-state index contributed by atoms with van der Waals surface area (Å²) in [6.07, 6.45) is 3.79. The Morgan fingerprint density at radius 1 is 1.27 bits per heavy atom. The molecule has 0 radical (unpaired) electrons. The number of benzene rings is 1. The predicted molar refractivity (Wildman–Crippen MR) is 62.5 cm³/mol. The number of carbonyl (C=O) groups excluding carboxylic acids is 1. The first-order chi connectivity index (χ1) is 7.20. The molecule has 0 saturated carbocycles. The van der Waals surface area contributed by atoms with Gasteiger partial charge in [-0.15, -0.1) is 0 Å². The molecule has 0 amide bonds. The topological polar surface area (TPSA) is 29.1 Å². The molecule has 76 valence electrons. The summed E-state index contributed by atoms with van der Waals surface area (Å²) in [5.74, 6) is 0.105. The first kappa shape index (κ1) is 9.71. The van der Waals surface area contributed by atoms with Crippen LogP contribution >= 0.6 is 0 Å². The van der Waals surface area contributed by atoms with Crippen molar-refractivity contribution in [1.82, 2.24) is 0 Å². The zero-order valence-electron chi connectivity index (χ0n) is 8.87. The molecule has 0 atom stereocenters. The molecule has 0 saturated heterocycles. The van der Waals surface area contributed by atoms with E-state index in [0.717, 1.165) is 22.4 Å². The lowest BCUT2D eigenvalue weighted by molar-refractivity contribution is -0.111. The molecule has 0 aliphatic carbocycles. The molecule has 0 fully saturated rings. The molecule has 1 aromatic carbocycles. The fourth-order valence-corrected chi connectivity index (χ4v) is 1.85. The molecule has 1 heterocycles. The number of hydrogen-bond acceptors (Lipinski definition) is 2. The number of hydrogen-bond donors (Lipinski definition) is 1. The summed E-state index contributed by atoms with van der Waals surface area (Å²) >= 11 is 0. The van der Waals surface area contributed by atoms with Crippen molar-refractivity contribution < 1.29 is 4.79 Å². The standard InChI is InChI=1S/C13H13NO/c1-9-7-8-14-12-6-4-3-5-11(12)13(9)10(2)15/h3-8,14H,1-2H3. The van der Waals surface area contributed by atoms with E-state index in [1.54, 1.807) is 6.92 Å². The van der Waals surface area contributed by atoms with Gasteiger partial charge in [0.05, 0.1) is 0 Å². The van der Waals surface area contributed by atoms with Gasteiger partial charge in [-0.05, 0) is 31.6 Å². The Labute approximate surface area is 89.3 Å². The monoisotopic (exact) mass is 199 g/mol. The van der Waals surface area contributed by atoms with Gasteiger partial charge in [-0.25, -0.2) is 0 Å². The highest BCUT2D eigenvalue weighted by Crippen LogP contribution is 2.29. The maximum absolute atomic E-state index is 11.6. The van der Waals surface area contributed by atoms with Gasteiger partial charge in [0.2, 0.25) is 0 Å². The van der Waals surface area contributed by atoms with Crippen LogP contribution in [0.3, 0.4) is 0 Å². The molecule has 1 aliphatic heterocycles. The van der Waals surface area contributed by atoms with E-state index in [-0.39, 0.29) is 5.78 Å². The van der Waals surface area contributed by atoms with Crippen LogP contribution in [0.5, 0.6) is 0 Å². The van der Waals surface area contributed by atoms with Gasteiger partial charge in [0, 0.05) is 23.0 Å². The van der Waals surface area contributed by atoms with Crippen molar-refractivity contribution >= 4 is 17.0 Å². The second kappa shape index (κ2) is 3.73. The van der Waals surface area contributed by atoms with Crippen LogP contribution in [0.4, 0.5) is 5.69 Å². The average Bonchev–Trinajstić information content (AvgIpc) is 2.35. The number of anilines is 1. The van der Waals surface area contributed by atoms with Crippen molar-refractivity contribution in [3.05, 3.63) is 47.7 Å². The Bertz CT molecular complexity index is 469. The van der Waals surface area contributed by atoms with Crippen molar-refractivity contribution in [2.75, 3.05) is 5.32 Å². The van der Waals surface area contributed by atoms with E-state index in [1.807, 2.05) is 43.5 Å². The minimum atomic E-state index is 0.105. The quantitative estimate of drug-likeness (QED) is 0.753. The zero-order valence-corrected chi connectivity index (χ0v) is 8.87. The van der Waals surface area contributed by atoms with Crippen molar-refractivity contribution in [3.8, 4) is 0 Å². The van der Waals surface area contributed by atoms with Crippen molar-refractivity contribution in [3.63, 3.8) is 0 Å². The molecule has 15 heavy (non-hydrogen) atoms. The number of fused-ring (bicyclic) bond motifs is 1. The van der Waals surface area contributed by atoms with E-state index in [0.29, 0.717) is 0 Å². The van der Waals surface area contributed by atoms with E-state index < -0.39 is 0 Å². The van der Waals surface area contributed by atoms with Gasteiger partial charge in [-0.1, -0.05) is 18.2 Å². The van der Waals surface area contributed by atoms with Gasteiger partial charge >= 0.3 is 0 Å². The predicted octanol–water partition coefficient (Wildman–Crippen LogP) is 2.99. The van der Waals surface area contributed by atoms with Gasteiger partial charge in [0.1, 0.15) is 0 Å². The molecule has 0 spiro atoms. The Kier molecular flexibility index (Phi) is 2.42. The van der Waals surface area contributed by atoms with Crippen LogP contribution < -0.4 is 5.32 Å². The summed E-state index contributed by atoms with van der Waals surface area (Å²) in [4.78, 5) is 11.6. The number of carbonyl (C=O) groups is 1. The zero-order chi connectivity index (χ0) is 10.8. The summed E-state index contributed by atoms with van der Waals surface area (Å²) < 4.78 is 0. The van der Waals surface area contributed by atoms with E-state index in [4.69, 9.17) is 0 Å². The Hall–Kier alpha value is -1.83. The largest absolute Gasteiger partial charge is 0.361 e. The first-order valence-electron chi connectivity index (χ1n) is 4.94. The number of nitrogens with one attached hydrogen (secondary N) is 1. The molecule has 0 aromatic heterocycles. The lowest BCUT2D eigenvalue weighted by atomic mass is 9.97. The second-order valence-electron chi connectivity index (χ2n) is 3.64. The van der Waals surface area contributed by atoms with E-state index >= 15 is 0 Å². The Morgan fingerprint density at radius 3 is 2.73 bits per heavy atom. The van der Waals surface area contributed by atoms with Gasteiger partial charge in [-0.3, -0.25) is 4.79 Å². The lowest BCUT2D eigenvalue weighted by Gasteiger charge is -2.09. The van der Waals surface area contributed by atoms with Gasteiger partial charge < -0.3 is 5.32 Å². The number of Topliss-reactive ketones (excluding diaryl/α,β-unsaturated/α-hetero) is 1. The Morgan fingerprint density at radius 2 is 2.00 bits per heavy atom. The van der Waals surface area contributed by atoms with Crippen LogP contribution in [0.1, 0.15) is 19.4 Å². The molecular weight excluding hydrogens is 186 g/mol. The molecule has 0 unspecified atom stereocenters. The van der Waals surface area contributed by atoms with E-state index in [2.05, 4.69) is 5.32 Å². The fourth-order valence-electron chi connectivity index (χ4n) is 1.85. The summed E-state index contributed by atoms with van der Waals surface area (Å²) in [5, 5.41) is 3.17. The molecule has 2 nitrogen and oxygen atoms in total. The molecule has 1 aliphatic rings. The minimum absolute atomic E-state index is 0.105. The van der Waals surface area contributed by atoms with Crippen LogP contribution in [-0.4, -0.2) is 5.78 Å². The summed E-state index contributed by atoms with van der Waals surface area (Å²) in [6, 6.07) is 7.84. The molecule has 2 rings (SSSR count).